The smallest absolute Gasteiger partial charge is 0.234 e. The Morgan fingerprint density at radius 3 is 2.83 bits per heavy atom. The van der Waals surface area contributed by atoms with Crippen molar-refractivity contribution in [2.75, 3.05) is 6.54 Å². The highest BCUT2D eigenvalue weighted by molar-refractivity contribution is 7.09. The topological polar surface area (TPSA) is 96.5 Å². The molecule has 0 unspecified atom stereocenters. The van der Waals surface area contributed by atoms with Gasteiger partial charge in [-0.05, 0) is 38.0 Å². The van der Waals surface area contributed by atoms with Crippen LogP contribution in [0, 0.1) is 12.3 Å². The summed E-state index contributed by atoms with van der Waals surface area (Å²) >= 11 is 1.64. The van der Waals surface area contributed by atoms with Crippen molar-refractivity contribution in [3.63, 3.8) is 0 Å². The molecule has 8 heteroatoms. The minimum atomic E-state index is -0.591. The molecule has 2 aromatic rings. The van der Waals surface area contributed by atoms with Crippen molar-refractivity contribution in [3.05, 3.63) is 21.9 Å². The monoisotopic (exact) mass is 332 g/mol. The number of aromatic nitrogens is 5. The van der Waals surface area contributed by atoms with Crippen LogP contribution in [0.3, 0.4) is 0 Å². The van der Waals surface area contributed by atoms with Gasteiger partial charge in [-0.2, -0.15) is 5.21 Å². The second-order valence-corrected chi connectivity index (χ2v) is 7.86. The Morgan fingerprint density at radius 1 is 1.43 bits per heavy atom. The normalized spacial score (nSPS) is 20.7. The molecule has 0 atom stereocenters. The predicted octanol–water partition coefficient (Wildman–Crippen LogP) is 1.53. The average molecular weight is 332 g/mol. The standard InChI is InChI=1S/C15H20N6OS/c1-10-7-23-11(17-10)3-6-16-13(22)15(12-18-20-21-19-12)8-14(9-15)4-2-5-14/h7H,2-6,8-9H2,1H3,(H,16,22)(H,18,19,20,21). The maximum atomic E-state index is 12.8. The van der Waals surface area contributed by atoms with Gasteiger partial charge in [-0.3, -0.25) is 4.79 Å². The van der Waals surface area contributed by atoms with Crippen molar-refractivity contribution in [3.8, 4) is 0 Å². The molecule has 122 valence electrons. The number of rotatable bonds is 5. The Balaban J connectivity index is 1.41. The minimum Gasteiger partial charge on any atom is -0.355 e. The Kier molecular flexibility index (Phi) is 3.44. The number of nitrogens with zero attached hydrogens (tertiary/aromatic N) is 4. The maximum absolute atomic E-state index is 12.8. The molecule has 0 bridgehead atoms. The number of hydrogen-bond acceptors (Lipinski definition) is 6. The quantitative estimate of drug-likeness (QED) is 0.865. The van der Waals surface area contributed by atoms with Crippen LogP contribution < -0.4 is 5.32 Å². The van der Waals surface area contributed by atoms with Gasteiger partial charge in [-0.1, -0.05) is 11.6 Å². The van der Waals surface area contributed by atoms with Crippen molar-refractivity contribution in [2.24, 2.45) is 5.41 Å². The summed E-state index contributed by atoms with van der Waals surface area (Å²) in [6.07, 6.45) is 6.17. The molecule has 2 aromatic heterocycles. The lowest BCUT2D eigenvalue weighted by atomic mass is 9.44. The predicted molar refractivity (Wildman–Crippen MR) is 84.9 cm³/mol. The van der Waals surface area contributed by atoms with E-state index in [4.69, 9.17) is 0 Å². The number of hydrogen-bond donors (Lipinski definition) is 2. The van der Waals surface area contributed by atoms with Gasteiger partial charge in [-0.25, -0.2) is 4.98 Å². The van der Waals surface area contributed by atoms with Gasteiger partial charge in [0.2, 0.25) is 5.91 Å². The summed E-state index contributed by atoms with van der Waals surface area (Å²) in [5.41, 5.74) is 0.793. The van der Waals surface area contributed by atoms with Gasteiger partial charge in [0.15, 0.2) is 5.82 Å². The van der Waals surface area contributed by atoms with Crippen molar-refractivity contribution >= 4 is 17.2 Å². The SMILES string of the molecule is Cc1csc(CCNC(=O)C2(c3nn[nH]n3)CC3(CCC3)C2)n1. The highest BCUT2D eigenvalue weighted by Crippen LogP contribution is 2.64. The summed E-state index contributed by atoms with van der Waals surface area (Å²) in [4.78, 5) is 17.2. The van der Waals surface area contributed by atoms with Gasteiger partial charge in [0, 0.05) is 24.0 Å². The summed E-state index contributed by atoms with van der Waals surface area (Å²) in [6, 6.07) is 0. The maximum Gasteiger partial charge on any atom is 0.234 e. The highest BCUT2D eigenvalue weighted by Gasteiger charge is 2.63. The van der Waals surface area contributed by atoms with Crippen LogP contribution in [0.1, 0.15) is 48.6 Å². The Hall–Kier alpha value is -1.83. The summed E-state index contributed by atoms with van der Waals surface area (Å²) in [6.45, 7) is 2.58. The fourth-order valence-corrected chi connectivity index (χ4v) is 4.79. The van der Waals surface area contributed by atoms with E-state index in [1.807, 2.05) is 12.3 Å². The zero-order valence-electron chi connectivity index (χ0n) is 13.1. The van der Waals surface area contributed by atoms with Crippen LogP contribution >= 0.6 is 11.3 Å². The van der Waals surface area contributed by atoms with Crippen molar-refractivity contribution in [2.45, 2.75) is 50.9 Å². The molecule has 2 fully saturated rings. The first-order valence-corrected chi connectivity index (χ1v) is 8.93. The Labute approximate surface area is 138 Å². The Bertz CT molecular complexity index is 697. The van der Waals surface area contributed by atoms with Crippen LogP contribution in [0.15, 0.2) is 5.38 Å². The highest BCUT2D eigenvalue weighted by atomic mass is 32.1. The number of thiazole rings is 1. The van der Waals surface area contributed by atoms with Crippen molar-refractivity contribution < 1.29 is 4.79 Å². The van der Waals surface area contributed by atoms with Gasteiger partial charge in [0.05, 0.1) is 5.01 Å². The molecular formula is C15H20N6OS. The molecule has 4 rings (SSSR count). The van der Waals surface area contributed by atoms with Crippen molar-refractivity contribution in [1.82, 2.24) is 30.9 Å². The lowest BCUT2D eigenvalue weighted by Crippen LogP contribution is -2.61. The van der Waals surface area contributed by atoms with E-state index in [-0.39, 0.29) is 5.91 Å². The van der Waals surface area contributed by atoms with Gasteiger partial charge in [0.25, 0.3) is 0 Å². The van der Waals surface area contributed by atoms with Crippen LogP contribution in [-0.2, 0) is 16.6 Å². The van der Waals surface area contributed by atoms with Gasteiger partial charge < -0.3 is 5.32 Å². The molecular weight excluding hydrogens is 312 g/mol. The molecule has 2 saturated carbocycles. The zero-order chi connectivity index (χ0) is 15.9. The molecule has 23 heavy (non-hydrogen) atoms. The van der Waals surface area contributed by atoms with Crippen LogP contribution in [0.2, 0.25) is 0 Å². The first-order valence-electron chi connectivity index (χ1n) is 8.05. The molecule has 1 spiro atoms. The van der Waals surface area contributed by atoms with Crippen LogP contribution in [0.5, 0.6) is 0 Å². The second-order valence-electron chi connectivity index (χ2n) is 6.91. The number of carbonyl (C=O) groups is 1. The number of aryl methyl sites for hydroxylation is 1. The average Bonchev–Trinajstić information content (AvgIpc) is 3.08. The number of H-pyrrole nitrogens is 1. The lowest BCUT2D eigenvalue weighted by Gasteiger charge is -2.58. The Morgan fingerprint density at radius 2 is 2.26 bits per heavy atom. The molecule has 0 radical (unpaired) electrons. The first-order chi connectivity index (χ1) is 11.1. The largest absolute Gasteiger partial charge is 0.355 e. The van der Waals surface area contributed by atoms with E-state index in [0.29, 0.717) is 17.8 Å². The molecule has 2 aliphatic carbocycles. The number of carbonyl (C=O) groups excluding carboxylic acids is 1. The van der Waals surface area contributed by atoms with E-state index < -0.39 is 5.41 Å². The van der Waals surface area contributed by atoms with Gasteiger partial charge in [-0.15, -0.1) is 21.5 Å². The van der Waals surface area contributed by atoms with E-state index in [1.54, 1.807) is 11.3 Å². The van der Waals surface area contributed by atoms with Crippen LogP contribution in [0.4, 0.5) is 0 Å². The van der Waals surface area contributed by atoms with E-state index in [0.717, 1.165) is 30.0 Å². The zero-order valence-corrected chi connectivity index (χ0v) is 13.9. The van der Waals surface area contributed by atoms with Gasteiger partial charge in [0.1, 0.15) is 5.41 Å². The molecule has 2 heterocycles. The summed E-state index contributed by atoms with van der Waals surface area (Å²) in [7, 11) is 0. The third kappa shape index (κ3) is 2.45. The van der Waals surface area contributed by atoms with Crippen LogP contribution in [0.25, 0.3) is 0 Å². The van der Waals surface area contributed by atoms with E-state index >= 15 is 0 Å². The summed E-state index contributed by atoms with van der Waals surface area (Å²) in [5.74, 6) is 0.572. The van der Waals surface area contributed by atoms with Crippen molar-refractivity contribution in [1.29, 1.82) is 0 Å². The fraction of sp³-hybridized carbons (Fsp3) is 0.667. The minimum absolute atomic E-state index is 0.0321. The fourth-order valence-electron chi connectivity index (χ4n) is 4.01. The third-order valence-corrected chi connectivity index (χ3v) is 6.29. The first kappa shape index (κ1) is 14.7. The molecule has 1 amide bonds. The molecule has 7 nitrogen and oxygen atoms in total. The second kappa shape index (κ2) is 5.36. The summed E-state index contributed by atoms with van der Waals surface area (Å²) in [5, 5.41) is 20.5. The molecule has 2 N–H and O–H groups in total. The number of nitrogens with one attached hydrogen (secondary N) is 2. The van der Waals surface area contributed by atoms with E-state index in [9.17, 15) is 4.79 Å². The number of aromatic amines is 1. The molecule has 0 aliphatic heterocycles. The lowest BCUT2D eigenvalue weighted by molar-refractivity contribution is -0.143. The summed E-state index contributed by atoms with van der Waals surface area (Å²) < 4.78 is 0. The molecule has 2 aliphatic rings. The molecule has 0 aromatic carbocycles. The van der Waals surface area contributed by atoms with E-state index in [2.05, 4.69) is 30.9 Å². The van der Waals surface area contributed by atoms with Crippen LogP contribution in [-0.4, -0.2) is 38.1 Å². The van der Waals surface area contributed by atoms with Gasteiger partial charge >= 0.3 is 0 Å². The molecule has 0 saturated heterocycles. The number of tetrazole rings is 1. The number of amides is 1. The third-order valence-electron chi connectivity index (χ3n) is 5.27. The van der Waals surface area contributed by atoms with E-state index in [1.165, 1.54) is 19.3 Å².